The van der Waals surface area contributed by atoms with Gasteiger partial charge in [-0.15, -0.1) is 11.3 Å². The summed E-state index contributed by atoms with van der Waals surface area (Å²) in [6, 6.07) is 7.05. The molecule has 0 aliphatic carbocycles. The van der Waals surface area contributed by atoms with Crippen LogP contribution >= 0.6 is 18.9 Å². The van der Waals surface area contributed by atoms with E-state index in [-0.39, 0.29) is 18.7 Å². The summed E-state index contributed by atoms with van der Waals surface area (Å²) in [6.45, 7) is 3.98. The summed E-state index contributed by atoms with van der Waals surface area (Å²) < 4.78 is 19.6. The number of amides is 1. The van der Waals surface area contributed by atoms with Crippen molar-refractivity contribution in [3.05, 3.63) is 47.4 Å². The van der Waals surface area contributed by atoms with E-state index in [1.54, 1.807) is 18.2 Å². The lowest BCUT2D eigenvalue weighted by atomic mass is 10.2. The number of nitrogens with zero attached hydrogens (tertiary/aromatic N) is 1. The van der Waals surface area contributed by atoms with Crippen molar-refractivity contribution >= 4 is 40.8 Å². The van der Waals surface area contributed by atoms with Gasteiger partial charge in [0.15, 0.2) is 0 Å². The van der Waals surface area contributed by atoms with Crippen LogP contribution in [-0.4, -0.2) is 34.6 Å². The monoisotopic (exact) mass is 379 g/mol. The lowest BCUT2D eigenvalue weighted by Crippen LogP contribution is -2.22. The van der Waals surface area contributed by atoms with E-state index in [0.29, 0.717) is 29.8 Å². The number of thiophene rings is 1. The van der Waals surface area contributed by atoms with E-state index in [1.165, 1.54) is 17.4 Å². The van der Waals surface area contributed by atoms with E-state index in [2.05, 4.69) is 6.58 Å². The highest BCUT2D eigenvalue weighted by Crippen LogP contribution is 2.50. The Labute approximate surface area is 149 Å². The van der Waals surface area contributed by atoms with Crippen molar-refractivity contribution in [3.63, 3.8) is 0 Å². The third kappa shape index (κ3) is 3.84. The molecule has 0 bridgehead atoms. The largest absolute Gasteiger partial charge is 0.457 e. The molecule has 1 N–H and O–H groups in total. The predicted octanol–water partition coefficient (Wildman–Crippen LogP) is 3.55. The van der Waals surface area contributed by atoms with Gasteiger partial charge < -0.3 is 9.63 Å². The van der Waals surface area contributed by atoms with Crippen LogP contribution in [-0.2, 0) is 20.3 Å². The third-order valence-corrected chi connectivity index (χ3v) is 6.98. The summed E-state index contributed by atoms with van der Waals surface area (Å²) in [5.41, 5.74) is 0.654. The first-order valence-corrected chi connectivity index (χ1v) is 10.5. The maximum atomic E-state index is 12.5. The van der Waals surface area contributed by atoms with Crippen LogP contribution < -0.4 is 0 Å². The van der Waals surface area contributed by atoms with Gasteiger partial charge in [-0.2, -0.15) is 0 Å². The second-order valence-electron chi connectivity index (χ2n) is 5.81. The maximum absolute atomic E-state index is 12.5. The molecule has 0 saturated carbocycles. The van der Waals surface area contributed by atoms with E-state index in [4.69, 9.17) is 4.74 Å². The van der Waals surface area contributed by atoms with Crippen LogP contribution in [0.4, 0.5) is 0 Å². The lowest BCUT2D eigenvalue weighted by Gasteiger charge is -2.22. The van der Waals surface area contributed by atoms with E-state index in [1.807, 2.05) is 6.07 Å². The molecular weight excluding hydrogens is 361 g/mol. The number of ether oxygens (including phenoxy) is 1. The molecule has 1 fully saturated rings. The molecule has 1 aromatic carbocycles. The van der Waals surface area contributed by atoms with Crippen molar-refractivity contribution in [2.45, 2.75) is 19.0 Å². The van der Waals surface area contributed by atoms with Gasteiger partial charge in [0, 0.05) is 17.7 Å². The molecule has 1 amide bonds. The van der Waals surface area contributed by atoms with Crippen molar-refractivity contribution in [1.29, 1.82) is 0 Å². The summed E-state index contributed by atoms with van der Waals surface area (Å²) in [5, 5.41) is 0.806. The van der Waals surface area contributed by atoms with Gasteiger partial charge in [-0.1, -0.05) is 18.7 Å². The normalized spacial score (nSPS) is 16.8. The van der Waals surface area contributed by atoms with Crippen molar-refractivity contribution < 1.29 is 23.8 Å². The highest BCUT2D eigenvalue weighted by atomic mass is 32.1. The molecule has 132 valence electrons. The minimum atomic E-state index is -3.74. The summed E-state index contributed by atoms with van der Waals surface area (Å²) in [7, 11) is -3.74. The van der Waals surface area contributed by atoms with Crippen molar-refractivity contribution in [3.8, 4) is 0 Å². The Bertz CT molecular complexity index is 890. The van der Waals surface area contributed by atoms with Crippen LogP contribution in [0.25, 0.3) is 10.1 Å². The van der Waals surface area contributed by atoms with E-state index in [0.717, 1.165) is 14.8 Å². The number of hydrogen-bond donors (Lipinski definition) is 1. The van der Waals surface area contributed by atoms with Crippen LogP contribution in [0.3, 0.4) is 0 Å². The standard InChI is InChI=1S/C17H18NO5PS/c1-2-8-23-17(20)15-10-13-9-12(5-6-14(13)25-15)11-24(21,22)18-7-3-4-16(18)19/h2,5-6,9-10H,1,3-4,7-8,11H2,(H,21,22). The van der Waals surface area contributed by atoms with Crippen LogP contribution in [0.1, 0.15) is 28.1 Å². The number of carbonyl (C=O) groups excluding carboxylic acids is 2. The Morgan fingerprint density at radius 1 is 1.44 bits per heavy atom. The van der Waals surface area contributed by atoms with E-state index >= 15 is 0 Å². The molecule has 1 aromatic heterocycles. The van der Waals surface area contributed by atoms with Crippen molar-refractivity contribution in [2.24, 2.45) is 0 Å². The Morgan fingerprint density at radius 3 is 2.92 bits per heavy atom. The van der Waals surface area contributed by atoms with Crippen LogP contribution in [0.2, 0.25) is 0 Å². The Morgan fingerprint density at radius 2 is 2.24 bits per heavy atom. The van der Waals surface area contributed by atoms with Gasteiger partial charge in [0.25, 0.3) is 7.52 Å². The van der Waals surface area contributed by atoms with Crippen molar-refractivity contribution in [1.82, 2.24) is 4.67 Å². The van der Waals surface area contributed by atoms with Gasteiger partial charge in [-0.25, -0.2) is 4.79 Å². The topological polar surface area (TPSA) is 83.9 Å². The molecule has 25 heavy (non-hydrogen) atoms. The smallest absolute Gasteiger partial charge is 0.348 e. The first-order chi connectivity index (χ1) is 11.9. The zero-order chi connectivity index (χ0) is 18.0. The van der Waals surface area contributed by atoms with Crippen LogP contribution in [0.5, 0.6) is 0 Å². The van der Waals surface area contributed by atoms with Crippen molar-refractivity contribution in [2.75, 3.05) is 13.2 Å². The van der Waals surface area contributed by atoms with Gasteiger partial charge in [-0.05, 0) is 35.6 Å². The highest BCUT2D eigenvalue weighted by Gasteiger charge is 2.35. The predicted molar refractivity (Wildman–Crippen MR) is 96.8 cm³/mol. The van der Waals surface area contributed by atoms with Crippen LogP contribution in [0.15, 0.2) is 36.9 Å². The summed E-state index contributed by atoms with van der Waals surface area (Å²) in [5.74, 6) is -0.687. The fraction of sp³-hybridized carbons (Fsp3) is 0.294. The zero-order valence-electron chi connectivity index (χ0n) is 13.5. The summed E-state index contributed by atoms with van der Waals surface area (Å²) in [6.07, 6.45) is 2.34. The molecule has 1 aliphatic rings. The van der Waals surface area contributed by atoms with Gasteiger partial charge in [0.2, 0.25) is 5.91 Å². The number of rotatable bonds is 6. The molecule has 2 heterocycles. The number of esters is 1. The molecule has 1 unspecified atom stereocenters. The van der Waals surface area contributed by atoms with E-state index in [9.17, 15) is 19.0 Å². The fourth-order valence-electron chi connectivity index (χ4n) is 2.79. The molecular formula is C17H18NO5PS. The Kier molecular flexibility index (Phi) is 5.08. The van der Waals surface area contributed by atoms with Gasteiger partial charge >= 0.3 is 5.97 Å². The molecule has 2 aromatic rings. The average molecular weight is 379 g/mol. The molecule has 0 radical (unpaired) electrons. The second-order valence-corrected chi connectivity index (χ2v) is 9.03. The lowest BCUT2D eigenvalue weighted by molar-refractivity contribution is -0.124. The minimum Gasteiger partial charge on any atom is -0.457 e. The molecule has 1 aliphatic heterocycles. The third-order valence-electron chi connectivity index (χ3n) is 3.93. The minimum absolute atomic E-state index is 0.0965. The average Bonchev–Trinajstić information content (AvgIpc) is 3.18. The molecule has 3 rings (SSSR count). The quantitative estimate of drug-likeness (QED) is 0.471. The van der Waals surface area contributed by atoms with E-state index < -0.39 is 13.5 Å². The van der Waals surface area contributed by atoms with Gasteiger partial charge in [0.1, 0.15) is 11.5 Å². The zero-order valence-corrected chi connectivity index (χ0v) is 15.2. The highest BCUT2D eigenvalue weighted by molar-refractivity contribution is 7.55. The molecule has 8 heteroatoms. The molecule has 1 saturated heterocycles. The van der Waals surface area contributed by atoms with Gasteiger partial charge in [0.05, 0.1) is 6.16 Å². The Balaban J connectivity index is 1.81. The number of fused-ring (bicyclic) bond motifs is 1. The Hall–Kier alpha value is -1.95. The second kappa shape index (κ2) is 7.12. The fourth-order valence-corrected chi connectivity index (χ4v) is 5.47. The number of hydrogen-bond acceptors (Lipinski definition) is 5. The first kappa shape index (κ1) is 17.9. The van der Waals surface area contributed by atoms with Gasteiger partial charge in [-0.3, -0.25) is 14.0 Å². The molecule has 1 atom stereocenters. The summed E-state index contributed by atoms with van der Waals surface area (Å²) >= 11 is 1.30. The summed E-state index contributed by atoms with van der Waals surface area (Å²) in [4.78, 5) is 34.4. The number of carbonyl (C=O) groups is 2. The molecule has 6 nitrogen and oxygen atoms in total. The maximum Gasteiger partial charge on any atom is 0.348 e. The molecule has 0 spiro atoms. The SMILES string of the molecule is C=CCOC(=O)c1cc2cc(CP(=O)(O)N3CCCC3=O)ccc2s1. The first-order valence-electron chi connectivity index (χ1n) is 7.84. The number of benzene rings is 1. The van der Waals surface area contributed by atoms with Crippen LogP contribution in [0, 0.1) is 0 Å².